The van der Waals surface area contributed by atoms with Crippen LogP contribution >= 0.6 is 11.3 Å². The summed E-state index contributed by atoms with van der Waals surface area (Å²) in [6.45, 7) is 3.12. The van der Waals surface area contributed by atoms with Crippen LogP contribution in [-0.4, -0.2) is 17.8 Å². The van der Waals surface area contributed by atoms with E-state index in [1.165, 1.54) is 10.4 Å². The minimum atomic E-state index is -0.202. The number of aryl methyl sites for hydroxylation is 1. The van der Waals surface area contributed by atoms with Gasteiger partial charge < -0.3 is 10.4 Å². The van der Waals surface area contributed by atoms with Gasteiger partial charge in [-0.3, -0.25) is 0 Å². The number of hydrogen-bond donors (Lipinski definition) is 2. The van der Waals surface area contributed by atoms with Crippen LogP contribution < -0.4 is 5.32 Å². The highest BCUT2D eigenvalue weighted by Gasteiger charge is 2.24. The zero-order chi connectivity index (χ0) is 9.26. The lowest BCUT2D eigenvalue weighted by Gasteiger charge is -2.27. The molecule has 1 aliphatic heterocycles. The van der Waals surface area contributed by atoms with Gasteiger partial charge in [0.25, 0.3) is 0 Å². The molecule has 2 N–H and O–H groups in total. The Kier molecular flexibility index (Phi) is 2.67. The van der Waals surface area contributed by atoms with Crippen molar-refractivity contribution in [3.8, 4) is 0 Å². The van der Waals surface area contributed by atoms with Crippen LogP contribution in [-0.2, 0) is 0 Å². The quantitative estimate of drug-likeness (QED) is 0.720. The van der Waals surface area contributed by atoms with Crippen LogP contribution in [0.25, 0.3) is 0 Å². The molecule has 1 aromatic rings. The molecule has 72 valence electrons. The molecule has 0 radical (unpaired) electrons. The minimum Gasteiger partial charge on any atom is -0.391 e. The van der Waals surface area contributed by atoms with Crippen molar-refractivity contribution in [2.75, 3.05) is 6.54 Å². The van der Waals surface area contributed by atoms with Crippen molar-refractivity contribution < 1.29 is 5.11 Å². The fraction of sp³-hybridized carbons (Fsp3) is 0.600. The molecular formula is C10H15NOS. The summed E-state index contributed by atoms with van der Waals surface area (Å²) in [6.07, 6.45) is 1.81. The third-order valence-electron chi connectivity index (χ3n) is 2.48. The summed E-state index contributed by atoms with van der Waals surface area (Å²) in [5, 5.41) is 15.3. The van der Waals surface area contributed by atoms with Crippen molar-refractivity contribution in [3.63, 3.8) is 0 Å². The Morgan fingerprint density at radius 3 is 3.08 bits per heavy atom. The lowest BCUT2D eigenvalue weighted by molar-refractivity contribution is 0.0980. The van der Waals surface area contributed by atoms with E-state index in [-0.39, 0.29) is 12.1 Å². The van der Waals surface area contributed by atoms with Crippen LogP contribution in [0.4, 0.5) is 0 Å². The Bertz CT molecular complexity index is 284. The van der Waals surface area contributed by atoms with E-state index in [2.05, 4.69) is 23.7 Å². The number of nitrogens with one attached hydrogen (secondary N) is 1. The Hall–Kier alpha value is -0.380. The van der Waals surface area contributed by atoms with Crippen LogP contribution in [0.15, 0.2) is 11.4 Å². The van der Waals surface area contributed by atoms with E-state index < -0.39 is 0 Å². The second-order valence-corrected chi connectivity index (χ2v) is 4.61. The second-order valence-electron chi connectivity index (χ2n) is 3.67. The van der Waals surface area contributed by atoms with Crippen LogP contribution in [0.1, 0.15) is 29.3 Å². The van der Waals surface area contributed by atoms with E-state index in [1.54, 1.807) is 11.3 Å². The van der Waals surface area contributed by atoms with Crippen molar-refractivity contribution in [2.45, 2.75) is 31.9 Å². The number of aliphatic hydroxyl groups excluding tert-OH is 1. The number of rotatable bonds is 1. The van der Waals surface area contributed by atoms with Crippen LogP contribution in [0.3, 0.4) is 0 Å². The highest BCUT2D eigenvalue weighted by Crippen LogP contribution is 2.28. The van der Waals surface area contributed by atoms with Crippen molar-refractivity contribution in [2.24, 2.45) is 0 Å². The van der Waals surface area contributed by atoms with E-state index in [0.29, 0.717) is 0 Å². The first-order valence-corrected chi connectivity index (χ1v) is 5.62. The number of aliphatic hydroxyl groups is 1. The molecule has 1 aliphatic rings. The van der Waals surface area contributed by atoms with E-state index in [0.717, 1.165) is 19.4 Å². The third-order valence-corrected chi connectivity index (χ3v) is 3.62. The van der Waals surface area contributed by atoms with Crippen molar-refractivity contribution in [3.05, 3.63) is 21.9 Å². The van der Waals surface area contributed by atoms with Gasteiger partial charge in [0.15, 0.2) is 0 Å². The largest absolute Gasteiger partial charge is 0.391 e. The van der Waals surface area contributed by atoms with Crippen LogP contribution in [0, 0.1) is 6.92 Å². The Labute approximate surface area is 82.6 Å². The monoisotopic (exact) mass is 197 g/mol. The smallest absolute Gasteiger partial charge is 0.0743 e. The Morgan fingerprint density at radius 2 is 2.46 bits per heavy atom. The summed E-state index contributed by atoms with van der Waals surface area (Å²) in [7, 11) is 0. The summed E-state index contributed by atoms with van der Waals surface area (Å²) >= 11 is 1.74. The first kappa shape index (κ1) is 9.19. The molecule has 2 heterocycles. The second kappa shape index (κ2) is 3.78. The Balaban J connectivity index is 2.14. The molecule has 2 unspecified atom stereocenters. The van der Waals surface area contributed by atoms with E-state index in [9.17, 15) is 5.11 Å². The lowest BCUT2D eigenvalue weighted by Crippen LogP contribution is -2.37. The first-order valence-electron chi connectivity index (χ1n) is 4.74. The average molecular weight is 197 g/mol. The molecule has 1 fully saturated rings. The SMILES string of the molecule is Cc1csc(C2NCCCC2O)c1. The number of thiophene rings is 1. The fourth-order valence-electron chi connectivity index (χ4n) is 1.78. The fourth-order valence-corrected chi connectivity index (χ4v) is 2.81. The molecule has 2 nitrogen and oxygen atoms in total. The van der Waals surface area contributed by atoms with Crippen LogP contribution in [0.2, 0.25) is 0 Å². The van der Waals surface area contributed by atoms with Gasteiger partial charge in [0, 0.05) is 4.88 Å². The van der Waals surface area contributed by atoms with E-state index in [1.807, 2.05) is 0 Å². The van der Waals surface area contributed by atoms with Gasteiger partial charge in [0.05, 0.1) is 12.1 Å². The maximum Gasteiger partial charge on any atom is 0.0743 e. The standard InChI is InChI=1S/C10H15NOS/c1-7-5-9(13-6-7)10-8(12)3-2-4-11-10/h5-6,8,10-12H,2-4H2,1H3. The highest BCUT2D eigenvalue weighted by atomic mass is 32.1. The van der Waals surface area contributed by atoms with Gasteiger partial charge in [-0.1, -0.05) is 0 Å². The van der Waals surface area contributed by atoms with E-state index >= 15 is 0 Å². The zero-order valence-corrected chi connectivity index (χ0v) is 8.60. The molecule has 0 spiro atoms. The summed E-state index contributed by atoms with van der Waals surface area (Å²) in [6, 6.07) is 2.34. The van der Waals surface area contributed by atoms with Crippen LogP contribution in [0.5, 0.6) is 0 Å². The van der Waals surface area contributed by atoms with Gasteiger partial charge in [-0.15, -0.1) is 11.3 Å². The molecule has 0 aliphatic carbocycles. The summed E-state index contributed by atoms with van der Waals surface area (Å²) in [5.41, 5.74) is 1.29. The molecule has 0 aromatic carbocycles. The summed E-state index contributed by atoms with van der Waals surface area (Å²) < 4.78 is 0. The van der Waals surface area contributed by atoms with Gasteiger partial charge in [-0.25, -0.2) is 0 Å². The van der Waals surface area contributed by atoms with Gasteiger partial charge in [0.1, 0.15) is 0 Å². The summed E-state index contributed by atoms with van der Waals surface area (Å²) in [4.78, 5) is 1.27. The molecule has 1 aromatic heterocycles. The van der Waals surface area contributed by atoms with Gasteiger partial charge in [-0.05, 0) is 43.3 Å². The minimum absolute atomic E-state index is 0.174. The molecule has 0 bridgehead atoms. The normalized spacial score (nSPS) is 29.1. The molecule has 13 heavy (non-hydrogen) atoms. The highest BCUT2D eigenvalue weighted by molar-refractivity contribution is 7.10. The predicted molar refractivity (Wildman–Crippen MR) is 55.0 cm³/mol. The molecule has 1 saturated heterocycles. The summed E-state index contributed by atoms with van der Waals surface area (Å²) in [5.74, 6) is 0. The van der Waals surface area contributed by atoms with Gasteiger partial charge in [0.2, 0.25) is 0 Å². The maximum atomic E-state index is 9.78. The van der Waals surface area contributed by atoms with Crippen molar-refractivity contribution in [1.29, 1.82) is 0 Å². The number of hydrogen-bond acceptors (Lipinski definition) is 3. The topological polar surface area (TPSA) is 32.3 Å². The van der Waals surface area contributed by atoms with Crippen molar-refractivity contribution in [1.82, 2.24) is 5.32 Å². The molecule has 0 saturated carbocycles. The molecular weight excluding hydrogens is 182 g/mol. The molecule has 3 heteroatoms. The van der Waals surface area contributed by atoms with Crippen molar-refractivity contribution >= 4 is 11.3 Å². The van der Waals surface area contributed by atoms with E-state index in [4.69, 9.17) is 0 Å². The predicted octanol–water partition coefficient (Wildman–Crippen LogP) is 1.84. The maximum absolute atomic E-state index is 9.78. The molecule has 0 amide bonds. The first-order chi connectivity index (χ1) is 6.27. The zero-order valence-electron chi connectivity index (χ0n) is 7.79. The molecule has 2 rings (SSSR count). The van der Waals surface area contributed by atoms with Gasteiger partial charge >= 0.3 is 0 Å². The lowest BCUT2D eigenvalue weighted by atomic mass is 10.00. The Morgan fingerprint density at radius 1 is 1.62 bits per heavy atom. The molecule has 2 atom stereocenters. The third kappa shape index (κ3) is 1.93. The number of piperidine rings is 1. The van der Waals surface area contributed by atoms with Gasteiger partial charge in [-0.2, -0.15) is 0 Å². The average Bonchev–Trinajstić information content (AvgIpc) is 2.53.